The lowest BCUT2D eigenvalue weighted by Crippen LogP contribution is -2.05. The molecule has 0 saturated heterocycles. The van der Waals surface area contributed by atoms with E-state index in [4.69, 9.17) is 0 Å². The van der Waals surface area contributed by atoms with Crippen LogP contribution in [0.2, 0.25) is 0 Å². The highest BCUT2D eigenvalue weighted by molar-refractivity contribution is 5.51. The van der Waals surface area contributed by atoms with Gasteiger partial charge in [-0.2, -0.15) is 0 Å². The van der Waals surface area contributed by atoms with Crippen LogP contribution in [0.3, 0.4) is 0 Å². The van der Waals surface area contributed by atoms with Gasteiger partial charge >= 0.3 is 0 Å². The van der Waals surface area contributed by atoms with E-state index in [0.29, 0.717) is 6.42 Å². The molecule has 0 heterocycles. The summed E-state index contributed by atoms with van der Waals surface area (Å²) in [6.45, 7) is 6.24. The molecule has 0 aliphatic rings. The molecule has 0 saturated carbocycles. The second-order valence-electron chi connectivity index (χ2n) is 2.97. The molecule has 0 spiro atoms. The van der Waals surface area contributed by atoms with Crippen LogP contribution in [-0.2, 0) is 4.79 Å². The maximum Gasteiger partial charge on any atom is 0.120 e. The first-order valence-corrected chi connectivity index (χ1v) is 2.84. The van der Waals surface area contributed by atoms with Gasteiger partial charge in [0.1, 0.15) is 6.29 Å². The molecule has 0 aromatic heterocycles. The second kappa shape index (κ2) is 2.85. The Bertz CT molecular complexity index is 68.9. The Morgan fingerprint density at radius 3 is 2.00 bits per heavy atom. The monoisotopic (exact) mass is 113 g/mol. The molecule has 0 fully saturated rings. The van der Waals surface area contributed by atoms with Crippen molar-refractivity contribution in [2.45, 2.75) is 27.2 Å². The third-order valence-corrected chi connectivity index (χ3v) is 0.826. The van der Waals surface area contributed by atoms with Crippen LogP contribution in [0, 0.1) is 11.8 Å². The molecule has 0 aliphatic heterocycles. The molecule has 0 aromatic carbocycles. The van der Waals surface area contributed by atoms with Gasteiger partial charge in [0.15, 0.2) is 0 Å². The van der Waals surface area contributed by atoms with E-state index >= 15 is 0 Å². The number of aldehydes is 1. The SMILES string of the molecule is CC(C)(C)[CH]CC=O. The van der Waals surface area contributed by atoms with E-state index in [0.717, 1.165) is 6.29 Å². The van der Waals surface area contributed by atoms with Crippen LogP contribution >= 0.6 is 0 Å². The fourth-order valence-electron chi connectivity index (χ4n) is 0.402. The van der Waals surface area contributed by atoms with Gasteiger partial charge in [-0.15, -0.1) is 0 Å². The topological polar surface area (TPSA) is 17.1 Å². The smallest absolute Gasteiger partial charge is 0.120 e. The zero-order valence-corrected chi connectivity index (χ0v) is 5.77. The van der Waals surface area contributed by atoms with E-state index in [9.17, 15) is 4.79 Å². The summed E-state index contributed by atoms with van der Waals surface area (Å²) in [6, 6.07) is 0. The Labute approximate surface area is 51.1 Å². The molecule has 0 rings (SSSR count). The summed E-state index contributed by atoms with van der Waals surface area (Å²) in [5.74, 6) is 0. The first kappa shape index (κ1) is 7.67. The van der Waals surface area contributed by atoms with Crippen molar-refractivity contribution >= 4 is 6.29 Å². The third kappa shape index (κ3) is 5.67. The van der Waals surface area contributed by atoms with Crippen LogP contribution in [0.25, 0.3) is 0 Å². The van der Waals surface area contributed by atoms with Crippen molar-refractivity contribution in [3.05, 3.63) is 6.42 Å². The van der Waals surface area contributed by atoms with E-state index < -0.39 is 0 Å². The lowest BCUT2D eigenvalue weighted by atomic mass is 9.91. The summed E-state index contributed by atoms with van der Waals surface area (Å²) in [6.07, 6.45) is 3.49. The highest BCUT2D eigenvalue weighted by Crippen LogP contribution is 2.17. The maximum atomic E-state index is 9.82. The van der Waals surface area contributed by atoms with Crippen LogP contribution in [0.4, 0.5) is 0 Å². The average Bonchev–Trinajstić information content (AvgIpc) is 1.59. The van der Waals surface area contributed by atoms with Crippen LogP contribution < -0.4 is 0 Å². The minimum atomic E-state index is 0.195. The van der Waals surface area contributed by atoms with Crippen LogP contribution in [0.5, 0.6) is 0 Å². The quantitative estimate of drug-likeness (QED) is 0.499. The van der Waals surface area contributed by atoms with Crippen molar-refractivity contribution in [1.29, 1.82) is 0 Å². The van der Waals surface area contributed by atoms with Crippen molar-refractivity contribution in [2.24, 2.45) is 5.41 Å². The van der Waals surface area contributed by atoms with Gasteiger partial charge in [-0.3, -0.25) is 0 Å². The lowest BCUT2D eigenvalue weighted by Gasteiger charge is -2.14. The predicted octanol–water partition coefficient (Wildman–Crippen LogP) is 1.83. The molecular formula is C7H13O. The van der Waals surface area contributed by atoms with Gasteiger partial charge in [0.05, 0.1) is 0 Å². The normalized spacial score (nSPS) is 11.4. The molecule has 0 bridgehead atoms. The fraction of sp³-hybridized carbons (Fsp3) is 0.714. The van der Waals surface area contributed by atoms with E-state index in [-0.39, 0.29) is 5.41 Å². The van der Waals surface area contributed by atoms with E-state index in [1.807, 2.05) is 6.42 Å². The summed E-state index contributed by atoms with van der Waals surface area (Å²) in [7, 11) is 0. The molecule has 47 valence electrons. The molecule has 0 N–H and O–H groups in total. The lowest BCUT2D eigenvalue weighted by molar-refractivity contribution is -0.107. The highest BCUT2D eigenvalue weighted by Gasteiger charge is 2.08. The van der Waals surface area contributed by atoms with Crippen LogP contribution in [-0.4, -0.2) is 6.29 Å². The first-order chi connectivity index (χ1) is 3.56. The minimum absolute atomic E-state index is 0.195. The van der Waals surface area contributed by atoms with Gasteiger partial charge in [-0.25, -0.2) is 0 Å². The average molecular weight is 113 g/mol. The van der Waals surface area contributed by atoms with E-state index in [2.05, 4.69) is 20.8 Å². The summed E-state index contributed by atoms with van der Waals surface area (Å²) >= 11 is 0. The third-order valence-electron chi connectivity index (χ3n) is 0.826. The minimum Gasteiger partial charge on any atom is -0.303 e. The van der Waals surface area contributed by atoms with Gasteiger partial charge in [0.2, 0.25) is 0 Å². The van der Waals surface area contributed by atoms with Crippen LogP contribution in [0.15, 0.2) is 0 Å². The Hall–Kier alpha value is -0.330. The summed E-state index contributed by atoms with van der Waals surface area (Å²) < 4.78 is 0. The van der Waals surface area contributed by atoms with Crippen molar-refractivity contribution < 1.29 is 4.79 Å². The Morgan fingerprint density at radius 1 is 1.38 bits per heavy atom. The van der Waals surface area contributed by atoms with Crippen molar-refractivity contribution in [1.82, 2.24) is 0 Å². The van der Waals surface area contributed by atoms with Gasteiger partial charge in [-0.05, 0) is 11.8 Å². The molecule has 8 heavy (non-hydrogen) atoms. The van der Waals surface area contributed by atoms with E-state index in [1.165, 1.54) is 0 Å². The Kier molecular flexibility index (Phi) is 2.74. The molecule has 0 atom stereocenters. The fourth-order valence-corrected chi connectivity index (χ4v) is 0.402. The zero-order valence-electron chi connectivity index (χ0n) is 5.77. The number of hydrogen-bond acceptors (Lipinski definition) is 1. The second-order valence-corrected chi connectivity index (χ2v) is 2.97. The Balaban J connectivity index is 3.24. The molecule has 0 aliphatic carbocycles. The van der Waals surface area contributed by atoms with Gasteiger partial charge < -0.3 is 4.79 Å². The van der Waals surface area contributed by atoms with Crippen molar-refractivity contribution in [3.63, 3.8) is 0 Å². The number of hydrogen-bond donors (Lipinski definition) is 0. The predicted molar refractivity (Wildman–Crippen MR) is 34.4 cm³/mol. The standard InChI is InChI=1S/C7H13O/c1-7(2,3)5-4-6-8/h5-6H,4H2,1-3H3. The van der Waals surface area contributed by atoms with E-state index in [1.54, 1.807) is 0 Å². The van der Waals surface area contributed by atoms with Gasteiger partial charge in [-0.1, -0.05) is 20.8 Å². The molecular weight excluding hydrogens is 100 g/mol. The largest absolute Gasteiger partial charge is 0.303 e. The molecule has 0 unspecified atom stereocenters. The van der Waals surface area contributed by atoms with Gasteiger partial charge in [0.25, 0.3) is 0 Å². The summed E-state index contributed by atoms with van der Waals surface area (Å²) in [4.78, 5) is 9.82. The van der Waals surface area contributed by atoms with Crippen LogP contribution in [0.1, 0.15) is 27.2 Å². The molecule has 1 nitrogen and oxygen atoms in total. The van der Waals surface area contributed by atoms with Crippen molar-refractivity contribution in [3.8, 4) is 0 Å². The maximum absolute atomic E-state index is 9.82. The number of carbonyl (C=O) groups is 1. The summed E-state index contributed by atoms with van der Waals surface area (Å²) in [5, 5.41) is 0. The molecule has 1 heteroatoms. The number of carbonyl (C=O) groups excluding carboxylic acids is 1. The van der Waals surface area contributed by atoms with Gasteiger partial charge in [0, 0.05) is 6.42 Å². The first-order valence-electron chi connectivity index (χ1n) is 2.84. The molecule has 0 aromatic rings. The number of rotatable bonds is 2. The van der Waals surface area contributed by atoms with Crippen molar-refractivity contribution in [2.75, 3.05) is 0 Å². The Morgan fingerprint density at radius 2 is 1.88 bits per heavy atom. The molecule has 0 amide bonds. The molecule has 1 radical (unpaired) electrons. The summed E-state index contributed by atoms with van der Waals surface area (Å²) in [5.41, 5.74) is 0.195. The zero-order chi connectivity index (χ0) is 6.62. The highest BCUT2D eigenvalue weighted by atomic mass is 16.1.